The van der Waals surface area contributed by atoms with Crippen LogP contribution in [-0.4, -0.2) is 28.1 Å². The van der Waals surface area contributed by atoms with Crippen molar-refractivity contribution in [2.45, 2.75) is 6.42 Å². The number of carbonyl (C=O) groups is 3. The van der Waals surface area contributed by atoms with Crippen molar-refractivity contribution in [1.29, 1.82) is 0 Å². The molecule has 0 aliphatic heterocycles. The molecule has 0 rings (SSSR count). The van der Waals surface area contributed by atoms with Crippen LogP contribution in [0.25, 0.3) is 0 Å². The van der Waals surface area contributed by atoms with Crippen LogP contribution in [0.2, 0.25) is 0 Å². The monoisotopic (exact) mass is 173 g/mol. The minimum Gasteiger partial charge on any atom is -0.545 e. The van der Waals surface area contributed by atoms with Gasteiger partial charge in [-0.05, 0) is 5.57 Å². The van der Waals surface area contributed by atoms with Crippen LogP contribution in [-0.2, 0) is 14.4 Å². The highest BCUT2D eigenvalue weighted by molar-refractivity contribution is 5.97. The van der Waals surface area contributed by atoms with Gasteiger partial charge in [-0.2, -0.15) is 0 Å². The van der Waals surface area contributed by atoms with Gasteiger partial charge in [-0.3, -0.25) is 4.79 Å². The molecule has 0 fully saturated rings. The highest BCUT2D eigenvalue weighted by Gasteiger charge is 2.06. The lowest BCUT2D eigenvalue weighted by molar-refractivity contribution is -0.299. The Morgan fingerprint density at radius 3 is 2.00 bits per heavy atom. The van der Waals surface area contributed by atoms with Crippen molar-refractivity contribution in [3.63, 3.8) is 0 Å². The van der Waals surface area contributed by atoms with Gasteiger partial charge in [-0.25, -0.2) is 4.79 Å². The van der Waals surface area contributed by atoms with Crippen molar-refractivity contribution >= 4 is 17.9 Å². The molecule has 12 heavy (non-hydrogen) atoms. The Morgan fingerprint density at radius 2 is 1.75 bits per heavy atom. The number of carboxylic acids is 3. The van der Waals surface area contributed by atoms with Gasteiger partial charge in [0.25, 0.3) is 0 Å². The minimum atomic E-state index is -1.79. The van der Waals surface area contributed by atoms with E-state index in [4.69, 9.17) is 10.2 Å². The van der Waals surface area contributed by atoms with Gasteiger partial charge in [-0.1, -0.05) is 0 Å². The Morgan fingerprint density at radius 1 is 1.25 bits per heavy atom. The third-order valence-electron chi connectivity index (χ3n) is 0.902. The van der Waals surface area contributed by atoms with Crippen LogP contribution >= 0.6 is 0 Å². The number of aliphatic carboxylic acids is 3. The van der Waals surface area contributed by atoms with E-state index >= 15 is 0 Å². The fourth-order valence-corrected chi connectivity index (χ4v) is 0.494. The van der Waals surface area contributed by atoms with Crippen LogP contribution in [0.3, 0.4) is 0 Å². The van der Waals surface area contributed by atoms with Gasteiger partial charge < -0.3 is 20.1 Å². The molecule has 0 saturated heterocycles. The molecule has 66 valence electrons. The second-order valence-corrected chi connectivity index (χ2v) is 1.87. The van der Waals surface area contributed by atoms with Crippen LogP contribution < -0.4 is 5.11 Å². The molecule has 6 nitrogen and oxygen atoms in total. The van der Waals surface area contributed by atoms with E-state index in [2.05, 4.69) is 0 Å². The Bertz CT molecular complexity index is 251. The Kier molecular flexibility index (Phi) is 3.48. The summed E-state index contributed by atoms with van der Waals surface area (Å²) >= 11 is 0. The number of carbonyl (C=O) groups excluding carboxylic acids is 1. The molecule has 0 unspecified atom stereocenters. The van der Waals surface area contributed by atoms with E-state index < -0.39 is 29.9 Å². The predicted octanol–water partition coefficient (Wildman–Crippen LogP) is -1.78. The second kappa shape index (κ2) is 4.12. The molecule has 0 aromatic rings. The van der Waals surface area contributed by atoms with E-state index in [0.29, 0.717) is 6.08 Å². The molecule has 0 heterocycles. The zero-order valence-electron chi connectivity index (χ0n) is 5.81. The van der Waals surface area contributed by atoms with E-state index in [9.17, 15) is 19.5 Å². The largest absolute Gasteiger partial charge is 0.545 e. The number of hydrogen-bond acceptors (Lipinski definition) is 4. The molecule has 0 radical (unpaired) electrons. The fourth-order valence-electron chi connectivity index (χ4n) is 0.494. The lowest BCUT2D eigenvalue weighted by atomic mass is 10.2. The normalized spacial score (nSPS) is 10.8. The van der Waals surface area contributed by atoms with Crippen molar-refractivity contribution in [1.82, 2.24) is 0 Å². The molecule has 0 spiro atoms. The van der Waals surface area contributed by atoms with Gasteiger partial charge in [0.05, 0.1) is 12.4 Å². The number of carboxylic acid groups (broad SMARTS) is 3. The average molecular weight is 173 g/mol. The molecular weight excluding hydrogens is 168 g/mol. The van der Waals surface area contributed by atoms with Crippen LogP contribution in [0.1, 0.15) is 6.42 Å². The van der Waals surface area contributed by atoms with Gasteiger partial charge in [0.1, 0.15) is 0 Å². The van der Waals surface area contributed by atoms with Crippen molar-refractivity contribution in [3.8, 4) is 0 Å². The van der Waals surface area contributed by atoms with E-state index in [-0.39, 0.29) is 0 Å². The van der Waals surface area contributed by atoms with Gasteiger partial charge in [0, 0.05) is 6.08 Å². The van der Waals surface area contributed by atoms with E-state index in [1.165, 1.54) is 0 Å². The zero-order valence-corrected chi connectivity index (χ0v) is 5.81. The first-order valence-electron chi connectivity index (χ1n) is 2.80. The van der Waals surface area contributed by atoms with Gasteiger partial charge >= 0.3 is 11.9 Å². The van der Waals surface area contributed by atoms with Crippen molar-refractivity contribution in [2.75, 3.05) is 0 Å². The minimum absolute atomic E-state index is 0.295. The first-order chi connectivity index (χ1) is 5.43. The second-order valence-electron chi connectivity index (χ2n) is 1.87. The molecule has 0 amide bonds. The summed E-state index contributed by atoms with van der Waals surface area (Å²) in [6.45, 7) is 0. The fraction of sp³-hybridized carbons (Fsp3) is 0.167. The maximum atomic E-state index is 10.1. The maximum absolute atomic E-state index is 10.1. The highest BCUT2D eigenvalue weighted by Crippen LogP contribution is 1.99. The lowest BCUT2D eigenvalue weighted by Crippen LogP contribution is -2.26. The van der Waals surface area contributed by atoms with Gasteiger partial charge in [0.15, 0.2) is 0 Å². The Balaban J connectivity index is 4.55. The topological polar surface area (TPSA) is 115 Å². The number of rotatable bonds is 4. The molecule has 6 heteroatoms. The summed E-state index contributed by atoms with van der Waals surface area (Å²) in [7, 11) is 0. The van der Waals surface area contributed by atoms with Crippen LogP contribution in [0, 0.1) is 0 Å². The molecule has 0 bridgehead atoms. The number of hydrogen-bond donors (Lipinski definition) is 2. The highest BCUT2D eigenvalue weighted by atomic mass is 16.4. The van der Waals surface area contributed by atoms with E-state index in [1.54, 1.807) is 0 Å². The summed E-state index contributed by atoms with van der Waals surface area (Å²) < 4.78 is 0. The van der Waals surface area contributed by atoms with Crippen LogP contribution in [0.4, 0.5) is 0 Å². The third-order valence-corrected chi connectivity index (χ3v) is 0.902. The average Bonchev–Trinajstić information content (AvgIpc) is 1.83. The first kappa shape index (κ1) is 10.2. The summed E-state index contributed by atoms with van der Waals surface area (Å²) in [6.07, 6.45) is -0.571. The standard InChI is InChI=1S/C6H6O6/c7-4(8)1-3(6(11)12)2-5(9)10/h1H,2H2,(H,7,8)(H,9,10)(H,11,12)/p-1/b3-1+. The molecule has 2 N–H and O–H groups in total. The zero-order chi connectivity index (χ0) is 9.72. The maximum Gasteiger partial charge on any atom is 0.328 e. The summed E-state index contributed by atoms with van der Waals surface area (Å²) in [4.78, 5) is 30.0. The van der Waals surface area contributed by atoms with Crippen LogP contribution in [0.5, 0.6) is 0 Å². The van der Waals surface area contributed by atoms with Gasteiger partial charge in [0.2, 0.25) is 0 Å². The van der Waals surface area contributed by atoms with Gasteiger partial charge in [-0.15, -0.1) is 0 Å². The third kappa shape index (κ3) is 4.04. The Hall–Kier alpha value is -1.85. The van der Waals surface area contributed by atoms with Crippen LogP contribution in [0.15, 0.2) is 11.6 Å². The quantitative estimate of drug-likeness (QED) is 0.485. The van der Waals surface area contributed by atoms with Crippen molar-refractivity contribution in [2.24, 2.45) is 0 Å². The smallest absolute Gasteiger partial charge is 0.328 e. The SMILES string of the molecule is O=C(O)/C=C(\CC(=O)O)C(=O)[O-]. The molecule has 0 aromatic heterocycles. The molecule has 0 aromatic carbocycles. The van der Waals surface area contributed by atoms with Crippen molar-refractivity contribution < 1.29 is 29.7 Å². The van der Waals surface area contributed by atoms with E-state index in [1.807, 2.05) is 0 Å². The molecule has 0 aliphatic rings. The lowest BCUT2D eigenvalue weighted by Gasteiger charge is -2.02. The first-order valence-corrected chi connectivity index (χ1v) is 2.80. The molecule has 0 saturated carbocycles. The Labute approximate surface area is 66.7 Å². The summed E-state index contributed by atoms with van der Waals surface area (Å²) in [5, 5.41) is 26.3. The summed E-state index contributed by atoms with van der Waals surface area (Å²) in [6, 6.07) is 0. The molecule has 0 aliphatic carbocycles. The predicted molar refractivity (Wildman–Crippen MR) is 33.0 cm³/mol. The molecular formula is C6H5O6-. The summed E-state index contributed by atoms with van der Waals surface area (Å²) in [5.74, 6) is -4.73. The molecule has 0 atom stereocenters. The van der Waals surface area contributed by atoms with E-state index in [0.717, 1.165) is 0 Å². The van der Waals surface area contributed by atoms with Crippen molar-refractivity contribution in [3.05, 3.63) is 11.6 Å². The summed E-state index contributed by atoms with van der Waals surface area (Å²) in [5.41, 5.74) is -0.769.